The maximum Gasteiger partial charge on any atom is 0.338 e. The van der Waals surface area contributed by atoms with Crippen molar-refractivity contribution in [2.75, 3.05) is 0 Å². The Morgan fingerprint density at radius 2 is 1.20 bits per heavy atom. The Morgan fingerprint density at radius 1 is 0.683 bits per heavy atom. The third-order valence-electron chi connectivity index (χ3n) is 4.89. The van der Waals surface area contributed by atoms with Crippen LogP contribution in [0.3, 0.4) is 0 Å². The van der Waals surface area contributed by atoms with Gasteiger partial charge < -0.3 is 33.9 Å². The molecule has 2 unspecified atom stereocenters. The van der Waals surface area contributed by atoms with E-state index in [-0.39, 0.29) is 39.9 Å². The summed E-state index contributed by atoms with van der Waals surface area (Å²) in [5.74, 6) is -2.27. The van der Waals surface area contributed by atoms with Crippen LogP contribution in [0.2, 0.25) is 0 Å². The molecule has 2 atom stereocenters. The van der Waals surface area contributed by atoms with Gasteiger partial charge in [0.15, 0.2) is 11.5 Å². The Morgan fingerprint density at radius 3 is 1.76 bits per heavy atom. The quantitative estimate of drug-likeness (QED) is 0.115. The largest absolute Gasteiger partial charge is 0.461 e. The zero-order valence-corrected chi connectivity index (χ0v) is 23.3. The molecule has 0 saturated heterocycles. The lowest BCUT2D eigenvalue weighted by Crippen LogP contribution is -2.17. The Labute approximate surface area is 238 Å². The number of aliphatic hydroxyl groups excluding tert-OH is 2. The first-order chi connectivity index (χ1) is 19.2. The van der Waals surface area contributed by atoms with Crippen LogP contribution in [0.1, 0.15) is 33.3 Å². The van der Waals surface area contributed by atoms with Crippen LogP contribution in [-0.4, -0.2) is 40.7 Å². The van der Waals surface area contributed by atoms with Gasteiger partial charge in [0.2, 0.25) is 12.6 Å². The summed E-state index contributed by atoms with van der Waals surface area (Å²) in [7, 11) is 0. The summed E-state index contributed by atoms with van der Waals surface area (Å²) < 4.78 is 26.7. The molecule has 0 bridgehead atoms. The van der Waals surface area contributed by atoms with E-state index >= 15 is 0 Å². The van der Waals surface area contributed by atoms with Crippen molar-refractivity contribution < 1.29 is 48.3 Å². The third kappa shape index (κ3) is 10.3. The van der Waals surface area contributed by atoms with Crippen LogP contribution in [0.15, 0.2) is 91.1 Å². The number of ether oxygens (including phenoxy) is 5. The van der Waals surface area contributed by atoms with E-state index in [2.05, 4.69) is 26.3 Å². The van der Waals surface area contributed by atoms with Gasteiger partial charge in [0, 0.05) is 35.4 Å². The molecule has 10 heteroatoms. The fraction of sp³-hybridized carbons (Fsp3) is 0.194. The van der Waals surface area contributed by atoms with Crippen molar-refractivity contribution in [1.82, 2.24) is 0 Å². The molecule has 0 aliphatic heterocycles. The average molecular weight is 565 g/mol. The Balaban J connectivity index is 2.31. The molecule has 216 valence electrons. The van der Waals surface area contributed by atoms with Crippen LogP contribution in [-0.2, 0) is 14.4 Å². The van der Waals surface area contributed by atoms with Gasteiger partial charge in [0.05, 0.1) is 0 Å². The topological polar surface area (TPSA) is 138 Å². The first-order valence-electron chi connectivity index (χ1n) is 12.1. The number of hydrogen-bond acceptors (Lipinski definition) is 10. The molecule has 2 rings (SSSR count). The molecule has 0 aliphatic carbocycles. The van der Waals surface area contributed by atoms with Crippen LogP contribution < -0.4 is 23.7 Å². The predicted molar refractivity (Wildman–Crippen MR) is 151 cm³/mol. The van der Waals surface area contributed by atoms with E-state index < -0.39 is 30.5 Å². The third-order valence-corrected chi connectivity index (χ3v) is 4.89. The van der Waals surface area contributed by atoms with Crippen molar-refractivity contribution in [3.63, 3.8) is 0 Å². The zero-order valence-electron chi connectivity index (χ0n) is 23.3. The molecule has 2 N–H and O–H groups in total. The highest BCUT2D eigenvalue weighted by Crippen LogP contribution is 2.32. The number of esters is 3. The molecule has 10 nitrogen and oxygen atoms in total. The second kappa shape index (κ2) is 14.5. The van der Waals surface area contributed by atoms with E-state index in [4.69, 9.17) is 23.7 Å². The Hall–Kier alpha value is -4.93. The molecule has 2 aromatic carbocycles. The highest BCUT2D eigenvalue weighted by molar-refractivity contribution is 5.91. The van der Waals surface area contributed by atoms with Crippen LogP contribution in [0, 0.1) is 0 Å². The number of carbonyl (C=O) groups excluding carboxylic acids is 3. The van der Waals surface area contributed by atoms with Crippen LogP contribution in [0.5, 0.6) is 28.7 Å². The smallest absolute Gasteiger partial charge is 0.338 e. The van der Waals surface area contributed by atoms with Crippen molar-refractivity contribution in [2.24, 2.45) is 0 Å². The van der Waals surface area contributed by atoms with Gasteiger partial charge in [-0.25, -0.2) is 14.4 Å². The van der Waals surface area contributed by atoms with Crippen LogP contribution in [0.25, 0.3) is 6.08 Å². The van der Waals surface area contributed by atoms with Crippen LogP contribution >= 0.6 is 0 Å². The molecule has 0 aliphatic rings. The lowest BCUT2D eigenvalue weighted by Gasteiger charge is -2.16. The predicted octanol–water partition coefficient (Wildman–Crippen LogP) is 4.82. The fourth-order valence-electron chi connectivity index (χ4n) is 2.68. The average Bonchev–Trinajstić information content (AvgIpc) is 2.88. The van der Waals surface area contributed by atoms with Gasteiger partial charge in [-0.2, -0.15) is 0 Å². The highest BCUT2D eigenvalue weighted by atomic mass is 16.6. The van der Waals surface area contributed by atoms with Gasteiger partial charge in [-0.05, 0) is 62.6 Å². The maximum atomic E-state index is 12.6. The molecule has 0 fully saturated rings. The van der Waals surface area contributed by atoms with Gasteiger partial charge in [-0.15, -0.1) is 0 Å². The molecule has 0 heterocycles. The van der Waals surface area contributed by atoms with E-state index in [1.807, 2.05) is 0 Å². The summed E-state index contributed by atoms with van der Waals surface area (Å²) in [5.41, 5.74) is 1.33. The van der Waals surface area contributed by atoms with E-state index in [1.165, 1.54) is 50.3 Å². The van der Waals surface area contributed by atoms with Gasteiger partial charge in [-0.1, -0.05) is 32.4 Å². The monoisotopic (exact) mass is 564 g/mol. The van der Waals surface area contributed by atoms with Gasteiger partial charge in [-0.3, -0.25) is 0 Å². The first kappa shape index (κ1) is 32.3. The van der Waals surface area contributed by atoms with E-state index in [0.717, 1.165) is 6.08 Å². The minimum atomic E-state index is -1.36. The van der Waals surface area contributed by atoms with E-state index in [0.29, 0.717) is 16.7 Å². The van der Waals surface area contributed by atoms with Gasteiger partial charge in [0.1, 0.15) is 17.2 Å². The number of hydrogen-bond donors (Lipinski definition) is 2. The molecule has 2 aromatic rings. The second-order valence-corrected chi connectivity index (χ2v) is 9.07. The Kier molecular flexibility index (Phi) is 11.4. The number of carbonyl (C=O) groups is 3. The molecule has 0 spiro atoms. The summed E-state index contributed by atoms with van der Waals surface area (Å²) in [4.78, 5) is 36.7. The SMILES string of the molecule is C=C(C)C(=O)Oc1cc(OC(=O)/C=C/c2ccc(OC(O)C(=C)C)c(OC(=O)C(=C)C)c2)cc(OC(O)C(=C)C)c1. The molecular weight excluding hydrogens is 532 g/mol. The van der Waals surface area contributed by atoms with Gasteiger partial charge in [0.25, 0.3) is 0 Å². The lowest BCUT2D eigenvalue weighted by molar-refractivity contribution is -0.131. The molecule has 0 aromatic heterocycles. The lowest BCUT2D eigenvalue weighted by atomic mass is 10.2. The Bertz CT molecular complexity index is 1420. The standard InChI is InChI=1S/C31H32O10/c1-17(2)28(33)38-23-14-22(15-24(16-23)39-29(34)18(3)4)37-27(32)12-10-21-9-11-25(40-30(35)19(5)6)26(13-21)41-31(36)20(7)8/h9-16,28,30,33,35H,1,3,5,7H2,2,4,6,8H3/b12-10+. The van der Waals surface area contributed by atoms with Crippen molar-refractivity contribution in [3.8, 4) is 28.7 Å². The number of rotatable bonds is 13. The van der Waals surface area contributed by atoms with Gasteiger partial charge >= 0.3 is 17.9 Å². The minimum absolute atomic E-state index is 0.0206. The van der Waals surface area contributed by atoms with Crippen molar-refractivity contribution in [1.29, 1.82) is 0 Å². The van der Waals surface area contributed by atoms with E-state index in [9.17, 15) is 24.6 Å². The minimum Gasteiger partial charge on any atom is -0.461 e. The van der Waals surface area contributed by atoms with Crippen LogP contribution in [0.4, 0.5) is 0 Å². The van der Waals surface area contributed by atoms with E-state index in [1.54, 1.807) is 19.9 Å². The van der Waals surface area contributed by atoms with Crippen molar-refractivity contribution in [2.45, 2.75) is 40.3 Å². The summed E-state index contributed by atoms with van der Waals surface area (Å²) >= 11 is 0. The highest BCUT2D eigenvalue weighted by Gasteiger charge is 2.17. The molecule has 0 saturated carbocycles. The zero-order chi connectivity index (χ0) is 30.9. The number of aliphatic hydroxyl groups is 2. The molecular formula is C31H32O10. The first-order valence-corrected chi connectivity index (χ1v) is 12.1. The maximum absolute atomic E-state index is 12.6. The molecule has 0 radical (unpaired) electrons. The normalized spacial score (nSPS) is 12.0. The number of benzene rings is 2. The summed E-state index contributed by atoms with van der Waals surface area (Å²) in [6.45, 7) is 20.3. The van der Waals surface area contributed by atoms with Crippen molar-refractivity contribution >= 4 is 24.0 Å². The van der Waals surface area contributed by atoms with Crippen molar-refractivity contribution in [3.05, 3.63) is 96.6 Å². The molecule has 0 amide bonds. The fourth-order valence-corrected chi connectivity index (χ4v) is 2.68. The summed E-state index contributed by atoms with van der Waals surface area (Å²) in [5, 5.41) is 20.0. The molecule has 41 heavy (non-hydrogen) atoms. The summed E-state index contributed by atoms with van der Waals surface area (Å²) in [6, 6.07) is 8.31. The summed E-state index contributed by atoms with van der Waals surface area (Å²) in [6.07, 6.45) is -0.225. The second-order valence-electron chi connectivity index (χ2n) is 9.07.